The lowest BCUT2D eigenvalue weighted by Crippen LogP contribution is -2.28. The maximum Gasteiger partial charge on any atom is 0.241 e. The molecular formula is C14H15N5O. The number of carbonyl (C=O) groups is 1. The Kier molecular flexibility index (Phi) is 4.35. The minimum atomic E-state index is -0.160. The second-order valence-corrected chi connectivity index (χ2v) is 4.31. The van der Waals surface area contributed by atoms with E-state index in [2.05, 4.69) is 10.4 Å². The van der Waals surface area contributed by atoms with E-state index in [0.717, 1.165) is 11.1 Å². The molecule has 0 fully saturated rings. The largest absolute Gasteiger partial charge is 0.399 e. The number of nitrogens with one attached hydrogen (secondary N) is 1. The van der Waals surface area contributed by atoms with E-state index < -0.39 is 0 Å². The van der Waals surface area contributed by atoms with Crippen LogP contribution in [0.1, 0.15) is 6.42 Å². The molecule has 0 aliphatic carbocycles. The van der Waals surface area contributed by atoms with E-state index in [9.17, 15) is 4.79 Å². The van der Waals surface area contributed by atoms with Crippen molar-refractivity contribution in [2.45, 2.75) is 13.0 Å². The van der Waals surface area contributed by atoms with Gasteiger partial charge >= 0.3 is 0 Å². The van der Waals surface area contributed by atoms with Gasteiger partial charge in [0.25, 0.3) is 0 Å². The topological polar surface area (TPSA) is 96.7 Å². The van der Waals surface area contributed by atoms with Gasteiger partial charge in [0.1, 0.15) is 6.54 Å². The predicted octanol–water partition coefficient (Wildman–Crippen LogP) is 1.16. The van der Waals surface area contributed by atoms with Crippen LogP contribution >= 0.6 is 0 Å². The maximum atomic E-state index is 11.6. The summed E-state index contributed by atoms with van der Waals surface area (Å²) in [7, 11) is 0. The molecule has 0 aliphatic rings. The Hall–Kier alpha value is -2.81. The molecule has 1 heterocycles. The van der Waals surface area contributed by atoms with E-state index in [1.54, 1.807) is 17.1 Å². The summed E-state index contributed by atoms with van der Waals surface area (Å²) in [4.78, 5) is 11.6. The van der Waals surface area contributed by atoms with Crippen LogP contribution in [0, 0.1) is 11.3 Å². The fourth-order valence-electron chi connectivity index (χ4n) is 1.74. The molecule has 0 radical (unpaired) electrons. The monoisotopic (exact) mass is 269 g/mol. The molecule has 1 aromatic carbocycles. The van der Waals surface area contributed by atoms with Gasteiger partial charge in [-0.1, -0.05) is 12.1 Å². The Morgan fingerprint density at radius 2 is 2.10 bits per heavy atom. The molecule has 2 aromatic rings. The van der Waals surface area contributed by atoms with E-state index in [1.165, 1.54) is 0 Å². The third kappa shape index (κ3) is 3.59. The van der Waals surface area contributed by atoms with Gasteiger partial charge in [0.05, 0.1) is 18.7 Å². The van der Waals surface area contributed by atoms with Crippen molar-refractivity contribution < 1.29 is 4.79 Å². The molecule has 20 heavy (non-hydrogen) atoms. The summed E-state index contributed by atoms with van der Waals surface area (Å²) < 4.78 is 1.56. The van der Waals surface area contributed by atoms with Crippen molar-refractivity contribution in [1.82, 2.24) is 15.1 Å². The van der Waals surface area contributed by atoms with Gasteiger partial charge in [-0.25, -0.2) is 0 Å². The molecule has 0 saturated heterocycles. The first-order chi connectivity index (χ1) is 9.69. The first-order valence-corrected chi connectivity index (χ1v) is 6.21. The van der Waals surface area contributed by atoms with Crippen LogP contribution in [0.15, 0.2) is 36.7 Å². The molecule has 0 bridgehead atoms. The highest BCUT2D eigenvalue weighted by Crippen LogP contribution is 2.19. The van der Waals surface area contributed by atoms with Crippen molar-refractivity contribution in [2.75, 3.05) is 12.3 Å². The summed E-state index contributed by atoms with van der Waals surface area (Å²) in [5, 5.41) is 15.2. The second kappa shape index (κ2) is 6.38. The van der Waals surface area contributed by atoms with Crippen molar-refractivity contribution in [3.8, 4) is 17.2 Å². The van der Waals surface area contributed by atoms with Crippen molar-refractivity contribution >= 4 is 11.6 Å². The summed E-state index contributed by atoms with van der Waals surface area (Å²) in [5.41, 5.74) is 8.27. The van der Waals surface area contributed by atoms with E-state index in [-0.39, 0.29) is 12.5 Å². The number of hydrogen-bond donors (Lipinski definition) is 2. The van der Waals surface area contributed by atoms with Gasteiger partial charge in [-0.2, -0.15) is 10.4 Å². The number of anilines is 1. The number of amides is 1. The highest BCUT2D eigenvalue weighted by molar-refractivity contribution is 5.75. The molecule has 1 amide bonds. The Labute approximate surface area is 116 Å². The summed E-state index contributed by atoms with van der Waals surface area (Å²) >= 11 is 0. The van der Waals surface area contributed by atoms with Gasteiger partial charge in [0.15, 0.2) is 0 Å². The molecule has 0 saturated carbocycles. The van der Waals surface area contributed by atoms with Crippen molar-refractivity contribution in [3.05, 3.63) is 36.7 Å². The number of nitrogen functional groups attached to an aromatic ring is 1. The number of nitriles is 1. The van der Waals surface area contributed by atoms with Crippen molar-refractivity contribution in [3.63, 3.8) is 0 Å². The summed E-state index contributed by atoms with van der Waals surface area (Å²) in [5.74, 6) is -0.160. The summed E-state index contributed by atoms with van der Waals surface area (Å²) in [6.45, 7) is 0.502. The van der Waals surface area contributed by atoms with Crippen molar-refractivity contribution in [2.24, 2.45) is 0 Å². The van der Waals surface area contributed by atoms with Crippen LogP contribution < -0.4 is 11.1 Å². The van der Waals surface area contributed by atoms with Gasteiger partial charge in [-0.15, -0.1) is 0 Å². The van der Waals surface area contributed by atoms with Crippen LogP contribution in [0.5, 0.6) is 0 Å². The van der Waals surface area contributed by atoms with E-state index >= 15 is 0 Å². The second-order valence-electron chi connectivity index (χ2n) is 4.31. The highest BCUT2D eigenvalue weighted by Gasteiger charge is 2.05. The van der Waals surface area contributed by atoms with E-state index in [4.69, 9.17) is 11.0 Å². The third-order valence-electron chi connectivity index (χ3n) is 2.74. The van der Waals surface area contributed by atoms with Crippen molar-refractivity contribution in [1.29, 1.82) is 5.26 Å². The summed E-state index contributed by atoms with van der Waals surface area (Å²) in [6.07, 6.45) is 3.81. The molecule has 102 valence electrons. The van der Waals surface area contributed by atoms with Gasteiger partial charge in [0.2, 0.25) is 5.91 Å². The number of nitrogens with two attached hydrogens (primary N) is 1. The number of carbonyl (C=O) groups excluding carboxylic acids is 1. The quantitative estimate of drug-likeness (QED) is 0.628. The summed E-state index contributed by atoms with van der Waals surface area (Å²) in [6, 6.07) is 9.42. The smallest absolute Gasteiger partial charge is 0.241 e. The van der Waals surface area contributed by atoms with Gasteiger partial charge in [-0.3, -0.25) is 9.48 Å². The standard InChI is InChI=1S/C14H15N5O/c15-6-1-7-17-14(20)10-19-9-12(8-18-19)11-2-4-13(16)5-3-11/h2-5,8-9H,1,7,10,16H2,(H,17,20). The van der Waals surface area contributed by atoms with Gasteiger partial charge in [0, 0.05) is 24.0 Å². The zero-order valence-corrected chi connectivity index (χ0v) is 10.9. The first-order valence-electron chi connectivity index (χ1n) is 6.21. The lowest BCUT2D eigenvalue weighted by Gasteiger charge is -2.02. The molecule has 0 spiro atoms. The maximum absolute atomic E-state index is 11.6. The zero-order chi connectivity index (χ0) is 14.4. The molecule has 1 aromatic heterocycles. The Morgan fingerprint density at radius 1 is 1.35 bits per heavy atom. The number of benzene rings is 1. The molecule has 3 N–H and O–H groups in total. The Bertz CT molecular complexity index is 624. The zero-order valence-electron chi connectivity index (χ0n) is 10.9. The fourth-order valence-corrected chi connectivity index (χ4v) is 1.74. The average molecular weight is 269 g/mol. The normalized spacial score (nSPS) is 9.95. The lowest BCUT2D eigenvalue weighted by atomic mass is 10.1. The van der Waals surface area contributed by atoms with Crippen LogP contribution in [0.3, 0.4) is 0 Å². The van der Waals surface area contributed by atoms with Crippen LogP contribution in [-0.4, -0.2) is 22.2 Å². The lowest BCUT2D eigenvalue weighted by molar-refractivity contribution is -0.121. The number of nitrogens with zero attached hydrogens (tertiary/aromatic N) is 3. The molecule has 6 heteroatoms. The fraction of sp³-hybridized carbons (Fsp3) is 0.214. The SMILES string of the molecule is N#CCCNC(=O)Cn1cc(-c2ccc(N)cc2)cn1. The average Bonchev–Trinajstić information content (AvgIpc) is 2.88. The minimum Gasteiger partial charge on any atom is -0.399 e. The minimum absolute atomic E-state index is 0.139. The predicted molar refractivity (Wildman–Crippen MR) is 75.3 cm³/mol. The molecule has 0 atom stereocenters. The van der Waals surface area contributed by atoms with Crippen LogP contribution in [0.25, 0.3) is 11.1 Å². The van der Waals surface area contributed by atoms with E-state index in [0.29, 0.717) is 18.7 Å². The number of aromatic nitrogens is 2. The van der Waals surface area contributed by atoms with Crippen LogP contribution in [-0.2, 0) is 11.3 Å². The molecule has 6 nitrogen and oxygen atoms in total. The third-order valence-corrected chi connectivity index (χ3v) is 2.74. The number of hydrogen-bond acceptors (Lipinski definition) is 4. The Balaban J connectivity index is 1.97. The van der Waals surface area contributed by atoms with Gasteiger partial charge in [-0.05, 0) is 17.7 Å². The molecule has 0 unspecified atom stereocenters. The van der Waals surface area contributed by atoms with Crippen LogP contribution in [0.2, 0.25) is 0 Å². The van der Waals surface area contributed by atoms with Crippen LogP contribution in [0.4, 0.5) is 5.69 Å². The molecular weight excluding hydrogens is 254 g/mol. The Morgan fingerprint density at radius 3 is 2.80 bits per heavy atom. The highest BCUT2D eigenvalue weighted by atomic mass is 16.2. The molecule has 0 aliphatic heterocycles. The van der Waals surface area contributed by atoms with Gasteiger partial charge < -0.3 is 11.1 Å². The first kappa shape index (κ1) is 13.6. The number of rotatable bonds is 5. The van der Waals surface area contributed by atoms with E-state index in [1.807, 2.05) is 30.3 Å². The molecule has 2 rings (SSSR count).